The van der Waals surface area contributed by atoms with E-state index in [2.05, 4.69) is 10.1 Å². The quantitative estimate of drug-likeness (QED) is 0.341. The topological polar surface area (TPSA) is 82.3 Å². The van der Waals surface area contributed by atoms with Crippen LogP contribution in [0.25, 0.3) is 22.4 Å². The molecule has 0 fully saturated rings. The number of rotatable bonds is 5. The van der Waals surface area contributed by atoms with Crippen LogP contribution in [0.2, 0.25) is 0 Å². The second-order valence-electron chi connectivity index (χ2n) is 6.63. The Hall–Kier alpha value is -4.01. The average molecular weight is 426 g/mol. The first kappa shape index (κ1) is 20.3. The lowest BCUT2D eigenvalue weighted by atomic mass is 10.1. The van der Waals surface area contributed by atoms with Gasteiger partial charge in [0, 0.05) is 5.56 Å². The lowest BCUT2D eigenvalue weighted by Gasteiger charge is -2.08. The number of hydrogen-bond donors (Lipinski definition) is 0. The number of aryl methyl sites for hydroxylation is 1. The van der Waals surface area contributed by atoms with Crippen LogP contribution in [0.4, 0.5) is 13.2 Å². The van der Waals surface area contributed by atoms with Crippen molar-refractivity contribution in [3.8, 4) is 11.3 Å². The van der Waals surface area contributed by atoms with Gasteiger partial charge in [-0.2, -0.15) is 0 Å². The van der Waals surface area contributed by atoms with Crippen molar-refractivity contribution in [2.45, 2.75) is 6.92 Å². The SMILES string of the molecule is Cc1noc2nc(-c3ccc(F)cc3)cc(C(=O)OCC(=O)c3cc(F)ccc3F)c12. The molecule has 0 radical (unpaired) electrons. The number of halogens is 3. The lowest BCUT2D eigenvalue weighted by molar-refractivity contribution is 0.0475. The molecule has 0 unspecified atom stereocenters. The molecular weight excluding hydrogens is 413 g/mol. The minimum atomic E-state index is -0.928. The lowest BCUT2D eigenvalue weighted by Crippen LogP contribution is -2.16. The number of carbonyl (C=O) groups excluding carboxylic acids is 2. The highest BCUT2D eigenvalue weighted by Gasteiger charge is 2.22. The minimum Gasteiger partial charge on any atom is -0.454 e. The molecule has 6 nitrogen and oxygen atoms in total. The highest BCUT2D eigenvalue weighted by molar-refractivity contribution is 6.06. The van der Waals surface area contributed by atoms with Crippen molar-refractivity contribution >= 4 is 22.9 Å². The molecule has 4 aromatic rings. The molecule has 0 spiro atoms. The number of pyridine rings is 1. The number of carbonyl (C=O) groups is 2. The van der Waals surface area contributed by atoms with Crippen LogP contribution in [0.3, 0.4) is 0 Å². The monoisotopic (exact) mass is 426 g/mol. The predicted octanol–water partition coefficient (Wildman–Crippen LogP) is 4.66. The number of Topliss-reactive ketones (excluding diaryl/α,β-unsaturated/α-hetero) is 1. The van der Waals surface area contributed by atoms with Gasteiger partial charge in [-0.05, 0) is 55.5 Å². The molecule has 0 bridgehead atoms. The molecule has 156 valence electrons. The molecule has 0 aliphatic carbocycles. The molecule has 4 rings (SSSR count). The summed E-state index contributed by atoms with van der Waals surface area (Å²) in [6, 6.07) is 9.22. The molecule has 0 aliphatic heterocycles. The summed E-state index contributed by atoms with van der Waals surface area (Å²) in [7, 11) is 0. The van der Waals surface area contributed by atoms with Gasteiger partial charge in [0.05, 0.1) is 27.9 Å². The van der Waals surface area contributed by atoms with Crippen LogP contribution >= 0.6 is 0 Å². The van der Waals surface area contributed by atoms with Gasteiger partial charge in [0.15, 0.2) is 6.61 Å². The van der Waals surface area contributed by atoms with Gasteiger partial charge in [-0.1, -0.05) is 5.16 Å². The number of fused-ring (bicyclic) bond motifs is 1. The van der Waals surface area contributed by atoms with E-state index in [-0.39, 0.29) is 22.4 Å². The summed E-state index contributed by atoms with van der Waals surface area (Å²) in [4.78, 5) is 29.2. The summed E-state index contributed by atoms with van der Waals surface area (Å²) in [5.41, 5.74) is 0.690. The maximum absolute atomic E-state index is 13.8. The van der Waals surface area contributed by atoms with Crippen molar-refractivity contribution in [2.75, 3.05) is 6.61 Å². The summed E-state index contributed by atoms with van der Waals surface area (Å²) in [6.07, 6.45) is 0. The molecule has 2 aromatic heterocycles. The normalized spacial score (nSPS) is 11.0. The standard InChI is InChI=1S/C22H13F3N2O4/c1-11-20-16(22(29)30-10-19(28)15-8-14(24)6-7-17(15)25)9-18(26-21(20)31-27-11)12-2-4-13(23)5-3-12/h2-9H,10H2,1H3. The van der Waals surface area contributed by atoms with E-state index < -0.39 is 41.4 Å². The molecule has 0 saturated heterocycles. The molecule has 0 saturated carbocycles. The maximum Gasteiger partial charge on any atom is 0.339 e. The van der Waals surface area contributed by atoms with Gasteiger partial charge < -0.3 is 9.26 Å². The fourth-order valence-electron chi connectivity index (χ4n) is 3.02. The van der Waals surface area contributed by atoms with Crippen LogP contribution in [0, 0.1) is 24.4 Å². The van der Waals surface area contributed by atoms with Gasteiger partial charge in [0.25, 0.3) is 5.71 Å². The Bertz CT molecular complexity index is 1320. The molecular formula is C22H13F3N2O4. The van der Waals surface area contributed by atoms with E-state index in [1.54, 1.807) is 6.92 Å². The van der Waals surface area contributed by atoms with Gasteiger partial charge >= 0.3 is 5.97 Å². The van der Waals surface area contributed by atoms with Crippen molar-refractivity contribution in [3.05, 3.63) is 82.8 Å². The van der Waals surface area contributed by atoms with Crippen molar-refractivity contribution in [2.24, 2.45) is 0 Å². The molecule has 2 heterocycles. The third-order valence-corrected chi connectivity index (χ3v) is 4.54. The first-order chi connectivity index (χ1) is 14.8. The number of benzene rings is 2. The van der Waals surface area contributed by atoms with E-state index in [4.69, 9.17) is 9.26 Å². The van der Waals surface area contributed by atoms with Crippen molar-refractivity contribution in [1.29, 1.82) is 0 Å². The number of esters is 1. The Kier molecular flexibility index (Phi) is 5.24. The number of ether oxygens (including phenoxy) is 1. The number of hydrogen-bond acceptors (Lipinski definition) is 6. The Morgan fingerprint density at radius 2 is 1.68 bits per heavy atom. The molecule has 0 amide bonds. The fraction of sp³-hybridized carbons (Fsp3) is 0.0909. The van der Waals surface area contributed by atoms with E-state index >= 15 is 0 Å². The highest BCUT2D eigenvalue weighted by Crippen LogP contribution is 2.27. The van der Waals surface area contributed by atoms with Gasteiger partial charge in [-0.15, -0.1) is 0 Å². The molecule has 9 heteroatoms. The Morgan fingerprint density at radius 1 is 0.968 bits per heavy atom. The van der Waals surface area contributed by atoms with Crippen molar-refractivity contribution in [3.63, 3.8) is 0 Å². The van der Waals surface area contributed by atoms with Crippen LogP contribution in [0.1, 0.15) is 26.4 Å². The van der Waals surface area contributed by atoms with E-state index in [0.717, 1.165) is 18.2 Å². The van der Waals surface area contributed by atoms with Crippen LogP contribution in [-0.2, 0) is 4.74 Å². The Morgan fingerprint density at radius 3 is 2.42 bits per heavy atom. The molecule has 2 aromatic carbocycles. The van der Waals surface area contributed by atoms with E-state index in [1.165, 1.54) is 30.3 Å². The third-order valence-electron chi connectivity index (χ3n) is 4.54. The van der Waals surface area contributed by atoms with E-state index in [0.29, 0.717) is 11.3 Å². The van der Waals surface area contributed by atoms with Gasteiger partial charge in [-0.3, -0.25) is 4.79 Å². The Balaban J connectivity index is 1.65. The van der Waals surface area contributed by atoms with Crippen molar-refractivity contribution in [1.82, 2.24) is 10.1 Å². The number of ketones is 1. The number of aromatic nitrogens is 2. The first-order valence-electron chi connectivity index (χ1n) is 9.02. The number of nitrogens with zero attached hydrogens (tertiary/aromatic N) is 2. The second-order valence-corrected chi connectivity index (χ2v) is 6.63. The summed E-state index contributed by atoms with van der Waals surface area (Å²) in [5.74, 6) is -3.98. The molecule has 0 atom stereocenters. The largest absolute Gasteiger partial charge is 0.454 e. The van der Waals surface area contributed by atoms with Gasteiger partial charge in [0.1, 0.15) is 17.5 Å². The molecule has 0 N–H and O–H groups in total. The summed E-state index contributed by atoms with van der Waals surface area (Å²) < 4.78 is 50.5. The zero-order valence-corrected chi connectivity index (χ0v) is 16.0. The third kappa shape index (κ3) is 4.02. The van der Waals surface area contributed by atoms with Crippen LogP contribution in [0.15, 0.2) is 53.1 Å². The summed E-state index contributed by atoms with van der Waals surface area (Å²) in [6.45, 7) is 0.786. The minimum absolute atomic E-state index is 0.00980. The molecule has 31 heavy (non-hydrogen) atoms. The predicted molar refractivity (Wildman–Crippen MR) is 103 cm³/mol. The zero-order chi connectivity index (χ0) is 22.1. The van der Waals surface area contributed by atoms with Gasteiger partial charge in [0.2, 0.25) is 5.78 Å². The summed E-state index contributed by atoms with van der Waals surface area (Å²) >= 11 is 0. The van der Waals surface area contributed by atoms with Gasteiger partial charge in [-0.25, -0.2) is 22.9 Å². The fourth-order valence-corrected chi connectivity index (χ4v) is 3.02. The van der Waals surface area contributed by atoms with Crippen LogP contribution in [0.5, 0.6) is 0 Å². The smallest absolute Gasteiger partial charge is 0.339 e. The molecule has 0 aliphatic rings. The zero-order valence-electron chi connectivity index (χ0n) is 16.0. The first-order valence-corrected chi connectivity index (χ1v) is 9.02. The van der Waals surface area contributed by atoms with E-state index in [9.17, 15) is 22.8 Å². The van der Waals surface area contributed by atoms with Crippen LogP contribution < -0.4 is 0 Å². The maximum atomic E-state index is 13.8. The Labute approximate surface area is 173 Å². The second kappa shape index (κ2) is 8.02. The average Bonchev–Trinajstić information content (AvgIpc) is 3.14. The van der Waals surface area contributed by atoms with E-state index in [1.807, 2.05) is 0 Å². The summed E-state index contributed by atoms with van der Waals surface area (Å²) in [5, 5.41) is 4.07. The highest BCUT2D eigenvalue weighted by atomic mass is 19.1. The van der Waals surface area contributed by atoms with Crippen LogP contribution in [-0.4, -0.2) is 28.5 Å². The van der Waals surface area contributed by atoms with Crippen molar-refractivity contribution < 1.29 is 32.0 Å².